The maximum absolute atomic E-state index is 13.8. The first-order chi connectivity index (χ1) is 59.4. The van der Waals surface area contributed by atoms with E-state index < -0.39 is 194 Å². The molecule has 0 fully saturated rings. The molecule has 6 rings (SSSR count). The largest absolute Gasteiger partial charge is 0.394 e. The second-order valence-corrected chi connectivity index (χ2v) is 29.1. The van der Waals surface area contributed by atoms with E-state index in [1.54, 1.807) is 12.1 Å². The number of aromatic nitrogens is 6. The fourth-order valence-corrected chi connectivity index (χ4v) is 11.2. The van der Waals surface area contributed by atoms with Gasteiger partial charge in [0.1, 0.15) is 42.3 Å². The van der Waals surface area contributed by atoms with E-state index in [1.807, 2.05) is 27.7 Å². The van der Waals surface area contributed by atoms with Crippen molar-refractivity contribution in [1.29, 1.82) is 0 Å². The average Bonchev–Trinajstić information content (AvgIpc) is 0.842. The number of nitrogens with two attached hydrogens (primary N) is 1. The van der Waals surface area contributed by atoms with Crippen LogP contribution in [-0.2, 0) is 71.9 Å². The van der Waals surface area contributed by atoms with Gasteiger partial charge in [-0.25, -0.2) is 0 Å². The van der Waals surface area contributed by atoms with Crippen molar-refractivity contribution >= 4 is 123 Å². The van der Waals surface area contributed by atoms with Gasteiger partial charge in [-0.1, -0.05) is 27.7 Å². The van der Waals surface area contributed by atoms with E-state index in [4.69, 9.17) is 5.73 Å². The standard InChI is InChI=1S/C80H102N24O21/c1-41(2)25-60(100-67(113)35-83-45(7)108)78(123)97-51-16-22-57(89-31-51)53-18-12-47(27-85-53)72(117)102-62(39-105)76(121)92-34-65(111)82-24-10-9-11-59(75(120)93-37-66(112)95-43(5)71(116)96-50-15-21-56(88-30-50)55-20-14-49(29-87-55)74(119)104-70(44(6)107)80(125)91-33-64(81)110)99-69(115)38-94-77(122)63(40-106)103-73(118)48-13-19-54(86-28-48)58-23-17-52(32-90-58)98-79(124)61(26-42(3)4)101-68(114)36-84-46(8)109/h12-23,27-32,41-44,59-63,70,105-107H,9-11,24-26,33-40H2,1-8H3,(H2,81,110)(H,82,111)(H,83,108)(H,84,109)(H,91,125)(H,92,121)(H,93,120)(H,94,122)(H,95,112)(H,96,116)(H,97,123)(H,98,124)(H,99,115)(H,100,113)(H,101,114)(H,102,117)(H,103,118)(H,104,119)/t43-,44+,59-,60-,61-,62-,63-,70-/m0/s1. The molecule has 0 aliphatic rings. The molecule has 45 nitrogen and oxygen atoms in total. The number of anilines is 3. The summed E-state index contributed by atoms with van der Waals surface area (Å²) in [4.78, 5) is 256. The first-order valence-corrected chi connectivity index (χ1v) is 39.2. The number of carbonyl (C=O) groups is 18. The van der Waals surface area contributed by atoms with E-state index >= 15 is 0 Å². The molecule has 18 amide bonds. The third kappa shape index (κ3) is 34.4. The summed E-state index contributed by atoms with van der Waals surface area (Å²) < 4.78 is 0. The van der Waals surface area contributed by atoms with E-state index in [0.717, 1.165) is 6.20 Å². The van der Waals surface area contributed by atoms with Gasteiger partial charge in [0.2, 0.25) is 88.6 Å². The average molecular weight is 1740 g/mol. The molecule has 0 bridgehead atoms. The van der Waals surface area contributed by atoms with Crippen LogP contribution in [0.15, 0.2) is 110 Å². The van der Waals surface area contributed by atoms with Gasteiger partial charge in [0.15, 0.2) is 0 Å². The lowest BCUT2D eigenvalue weighted by Crippen LogP contribution is -2.54. The Balaban J connectivity index is 1.01. The molecule has 0 radical (unpaired) electrons. The van der Waals surface area contributed by atoms with Crippen molar-refractivity contribution < 1.29 is 102 Å². The lowest BCUT2D eigenvalue weighted by molar-refractivity contribution is -0.131. The zero-order valence-corrected chi connectivity index (χ0v) is 69.5. The summed E-state index contributed by atoms with van der Waals surface area (Å²) in [5.74, 6) is -13.3. The molecule has 0 saturated heterocycles. The van der Waals surface area contributed by atoms with Crippen LogP contribution in [0.5, 0.6) is 0 Å². The quantitative estimate of drug-likeness (QED) is 0.0160. The van der Waals surface area contributed by atoms with Gasteiger partial charge in [-0.2, -0.15) is 0 Å². The van der Waals surface area contributed by atoms with E-state index in [2.05, 4.69) is 120 Å². The van der Waals surface area contributed by atoms with Crippen molar-refractivity contribution in [1.82, 2.24) is 104 Å². The number of amides is 18. The van der Waals surface area contributed by atoms with Crippen LogP contribution in [0.1, 0.15) is 119 Å². The summed E-state index contributed by atoms with van der Waals surface area (Å²) in [6.45, 7) is 7.32. The molecule has 8 atom stereocenters. The molecule has 6 heterocycles. The topological polar surface area (TPSA) is 676 Å². The molecular formula is C80H102N24O21. The second-order valence-electron chi connectivity index (χ2n) is 29.1. The van der Waals surface area contributed by atoms with Gasteiger partial charge in [-0.15, -0.1) is 0 Å². The lowest BCUT2D eigenvalue weighted by atomic mass is 10.0. The number of nitrogens with one attached hydrogen (secondary N) is 17. The Bertz CT molecular complexity index is 4810. The molecule has 22 N–H and O–H groups in total. The highest BCUT2D eigenvalue weighted by Gasteiger charge is 2.31. The number of aliphatic hydroxyl groups is 3. The van der Waals surface area contributed by atoms with Crippen LogP contribution in [0.25, 0.3) is 34.2 Å². The second kappa shape index (κ2) is 49.8. The van der Waals surface area contributed by atoms with Crippen LogP contribution < -0.4 is 96.1 Å². The molecule has 0 aliphatic heterocycles. The maximum atomic E-state index is 13.8. The number of pyridine rings is 6. The Morgan fingerprint density at radius 1 is 0.336 bits per heavy atom. The fourth-order valence-electron chi connectivity index (χ4n) is 11.2. The number of hydrogen-bond donors (Lipinski definition) is 21. The molecule has 0 aliphatic carbocycles. The Labute approximate surface area is 715 Å². The highest BCUT2D eigenvalue weighted by atomic mass is 16.3. The minimum Gasteiger partial charge on any atom is -0.394 e. The molecule has 125 heavy (non-hydrogen) atoms. The third-order valence-electron chi connectivity index (χ3n) is 17.7. The number of hydrogen-bond acceptors (Lipinski definition) is 27. The van der Waals surface area contributed by atoms with E-state index in [0.29, 0.717) is 41.3 Å². The van der Waals surface area contributed by atoms with Gasteiger partial charge in [0.25, 0.3) is 17.7 Å². The normalized spacial score (nSPS) is 12.7. The smallest absolute Gasteiger partial charge is 0.253 e. The SMILES string of the molecule is CC(=O)NCC(=O)N[C@@H](CC(C)C)C(=O)Nc1ccc(-c2ccc(C(=O)N[C@@H](CO)C(=O)NCC(=O)NCCCC[C@H](NC(=O)CNC(=O)[C@H](CO)NC(=O)c3ccc(-c4ccc(NC(=O)[C@H](CC(C)C)NC(=O)CNC(C)=O)cn4)nc3)C(=O)NCC(=O)N[C@@H](C)C(=O)Nc3ccc(-c4ccc(C(=O)N[C@H](C(=O)NCC(N)=O)[C@@H](C)O)cn4)nc3)cn2)nc1. The van der Waals surface area contributed by atoms with Crippen LogP contribution in [0.3, 0.4) is 0 Å². The maximum Gasteiger partial charge on any atom is 0.253 e. The minimum atomic E-state index is -1.63. The number of unbranched alkanes of at least 4 members (excludes halogenated alkanes) is 1. The van der Waals surface area contributed by atoms with Crippen LogP contribution in [0.2, 0.25) is 0 Å². The summed E-state index contributed by atoms with van der Waals surface area (Å²) in [5, 5.41) is 72.1. The molecule has 6 aromatic heterocycles. The minimum absolute atomic E-state index is 0.000592. The van der Waals surface area contributed by atoms with Crippen molar-refractivity contribution in [2.24, 2.45) is 17.6 Å². The van der Waals surface area contributed by atoms with Gasteiger partial charge >= 0.3 is 0 Å². The highest BCUT2D eigenvalue weighted by molar-refractivity contribution is 6.03. The molecular weight excluding hydrogens is 1630 g/mol. The van der Waals surface area contributed by atoms with Crippen molar-refractivity contribution in [3.63, 3.8) is 0 Å². The predicted octanol–water partition coefficient (Wildman–Crippen LogP) is -4.51. The van der Waals surface area contributed by atoms with Gasteiger partial charge in [-0.05, 0) is 131 Å². The van der Waals surface area contributed by atoms with Gasteiger partial charge in [-0.3, -0.25) is 116 Å². The lowest BCUT2D eigenvalue weighted by Gasteiger charge is -2.20. The summed E-state index contributed by atoms with van der Waals surface area (Å²) in [5.41, 5.74) is 7.56. The van der Waals surface area contributed by atoms with Crippen molar-refractivity contribution in [2.45, 2.75) is 136 Å². The first kappa shape index (κ1) is 99.1. The van der Waals surface area contributed by atoms with Crippen LogP contribution in [0.4, 0.5) is 17.1 Å². The fraction of sp³-hybridized carbons (Fsp3) is 0.400. The molecule has 6 aromatic rings. The zero-order valence-electron chi connectivity index (χ0n) is 69.5. The first-order valence-electron chi connectivity index (χ1n) is 39.2. The molecule has 0 spiro atoms. The monoisotopic (exact) mass is 1730 g/mol. The highest BCUT2D eigenvalue weighted by Crippen LogP contribution is 2.22. The molecule has 0 saturated carbocycles. The number of nitrogens with zero attached hydrogens (tertiary/aromatic N) is 6. The summed E-state index contributed by atoms with van der Waals surface area (Å²) in [6.07, 6.45) is 6.81. The van der Waals surface area contributed by atoms with Crippen LogP contribution in [-0.4, -0.2) is 259 Å². The van der Waals surface area contributed by atoms with Crippen molar-refractivity contribution in [2.75, 3.05) is 75.0 Å². The summed E-state index contributed by atoms with van der Waals surface area (Å²) in [6, 6.07) is 8.43. The Morgan fingerprint density at radius 3 is 1.00 bits per heavy atom. The number of carbonyl (C=O) groups excluding carboxylic acids is 18. The molecule has 0 aromatic carbocycles. The summed E-state index contributed by atoms with van der Waals surface area (Å²) >= 11 is 0. The van der Waals surface area contributed by atoms with Gasteiger partial charge in [0, 0.05) is 39.0 Å². The Morgan fingerprint density at radius 2 is 0.664 bits per heavy atom. The van der Waals surface area contributed by atoms with Gasteiger partial charge in [0.05, 0.1) is 145 Å². The van der Waals surface area contributed by atoms with Crippen molar-refractivity contribution in [3.05, 3.63) is 127 Å². The predicted molar refractivity (Wildman–Crippen MR) is 446 cm³/mol. The third-order valence-corrected chi connectivity index (χ3v) is 17.7. The number of primary amides is 1. The van der Waals surface area contributed by atoms with E-state index in [-0.39, 0.29) is 90.2 Å². The number of aliphatic hydroxyl groups excluding tert-OH is 3. The van der Waals surface area contributed by atoms with Crippen molar-refractivity contribution in [3.8, 4) is 34.2 Å². The van der Waals surface area contributed by atoms with Crippen LogP contribution >= 0.6 is 0 Å². The van der Waals surface area contributed by atoms with Gasteiger partial charge < -0.3 is 111 Å². The molecule has 668 valence electrons. The molecule has 45 heteroatoms. The summed E-state index contributed by atoms with van der Waals surface area (Å²) in [7, 11) is 0. The Hall–Kier alpha value is -14.8. The Kier molecular flexibility index (Phi) is 39.5. The zero-order chi connectivity index (χ0) is 92.0. The van der Waals surface area contributed by atoms with E-state index in [1.165, 1.54) is 119 Å². The van der Waals surface area contributed by atoms with Crippen LogP contribution in [0, 0.1) is 11.8 Å². The number of rotatable bonds is 47. The molecule has 0 unspecified atom stereocenters. The van der Waals surface area contributed by atoms with E-state index in [9.17, 15) is 102 Å².